The lowest BCUT2D eigenvalue weighted by atomic mass is 10.1. The first-order valence-corrected chi connectivity index (χ1v) is 7.10. The Hall–Kier alpha value is -0.730. The second-order valence-corrected chi connectivity index (χ2v) is 5.31. The maximum Gasteiger partial charge on any atom is 0.242 e. The SMILES string of the molecule is Cc1cccc(C)c1NC(=O)C(Cl)CCCCCl. The normalized spacial score (nSPS) is 12.2. The summed E-state index contributed by atoms with van der Waals surface area (Å²) in [4.78, 5) is 11.9. The molecule has 1 aromatic carbocycles. The van der Waals surface area contributed by atoms with Crippen LogP contribution >= 0.6 is 23.2 Å². The molecule has 18 heavy (non-hydrogen) atoms. The highest BCUT2D eigenvalue weighted by molar-refractivity contribution is 6.32. The first-order valence-electron chi connectivity index (χ1n) is 6.13. The van der Waals surface area contributed by atoms with Crippen LogP contribution in [0.5, 0.6) is 0 Å². The first kappa shape index (κ1) is 15.3. The molecule has 0 heterocycles. The topological polar surface area (TPSA) is 29.1 Å². The number of anilines is 1. The third-order valence-electron chi connectivity index (χ3n) is 2.86. The molecule has 0 saturated carbocycles. The molecule has 0 aliphatic heterocycles. The van der Waals surface area contributed by atoms with Gasteiger partial charge in [0, 0.05) is 11.6 Å². The zero-order chi connectivity index (χ0) is 13.5. The summed E-state index contributed by atoms with van der Waals surface area (Å²) >= 11 is 11.7. The van der Waals surface area contributed by atoms with Gasteiger partial charge in [-0.1, -0.05) is 24.6 Å². The van der Waals surface area contributed by atoms with Crippen LogP contribution in [0, 0.1) is 13.8 Å². The van der Waals surface area contributed by atoms with E-state index in [2.05, 4.69) is 5.32 Å². The number of hydrogen-bond donors (Lipinski definition) is 1. The summed E-state index contributed by atoms with van der Waals surface area (Å²) in [5, 5.41) is 2.41. The Kier molecular flexibility index (Phi) is 6.51. The summed E-state index contributed by atoms with van der Waals surface area (Å²) in [7, 11) is 0. The predicted octanol–water partition coefficient (Wildman–Crippen LogP) is 4.26. The van der Waals surface area contributed by atoms with Crippen LogP contribution in [0.15, 0.2) is 18.2 Å². The van der Waals surface area contributed by atoms with Crippen LogP contribution in [-0.2, 0) is 4.79 Å². The van der Waals surface area contributed by atoms with E-state index < -0.39 is 5.38 Å². The van der Waals surface area contributed by atoms with Crippen molar-refractivity contribution in [1.82, 2.24) is 0 Å². The molecule has 1 aromatic rings. The van der Waals surface area contributed by atoms with E-state index in [1.54, 1.807) is 0 Å². The van der Waals surface area contributed by atoms with Crippen LogP contribution in [0.3, 0.4) is 0 Å². The maximum absolute atomic E-state index is 11.9. The predicted molar refractivity (Wildman–Crippen MR) is 78.8 cm³/mol. The Bertz CT molecular complexity index is 387. The van der Waals surface area contributed by atoms with Crippen molar-refractivity contribution in [2.45, 2.75) is 38.5 Å². The number of benzene rings is 1. The minimum Gasteiger partial charge on any atom is -0.324 e. The van der Waals surface area contributed by atoms with E-state index in [0.29, 0.717) is 12.3 Å². The molecular formula is C14H19Cl2NO. The van der Waals surface area contributed by atoms with Gasteiger partial charge in [-0.2, -0.15) is 0 Å². The molecule has 1 rings (SSSR count). The molecule has 1 amide bonds. The van der Waals surface area contributed by atoms with Crippen molar-refractivity contribution in [3.8, 4) is 0 Å². The first-order chi connectivity index (χ1) is 8.56. The van der Waals surface area contributed by atoms with Crippen molar-refractivity contribution in [1.29, 1.82) is 0 Å². The number of carbonyl (C=O) groups excluding carboxylic acids is 1. The average molecular weight is 288 g/mol. The van der Waals surface area contributed by atoms with Crippen molar-refractivity contribution in [2.75, 3.05) is 11.2 Å². The molecule has 100 valence electrons. The zero-order valence-electron chi connectivity index (χ0n) is 10.8. The van der Waals surface area contributed by atoms with Crippen LogP contribution in [-0.4, -0.2) is 17.2 Å². The fraction of sp³-hybridized carbons (Fsp3) is 0.500. The summed E-state index contributed by atoms with van der Waals surface area (Å²) in [6.45, 7) is 3.94. The van der Waals surface area contributed by atoms with E-state index in [4.69, 9.17) is 23.2 Å². The van der Waals surface area contributed by atoms with E-state index in [1.165, 1.54) is 0 Å². The Labute approximate surface area is 119 Å². The Morgan fingerprint density at radius 1 is 1.28 bits per heavy atom. The molecule has 2 nitrogen and oxygen atoms in total. The molecule has 0 saturated heterocycles. The minimum atomic E-state index is -0.493. The van der Waals surface area contributed by atoms with E-state index in [9.17, 15) is 4.79 Å². The third kappa shape index (κ3) is 4.51. The Morgan fingerprint density at radius 3 is 2.44 bits per heavy atom. The average Bonchev–Trinajstić information content (AvgIpc) is 2.34. The smallest absolute Gasteiger partial charge is 0.242 e. The van der Waals surface area contributed by atoms with Crippen LogP contribution in [0.4, 0.5) is 5.69 Å². The lowest BCUT2D eigenvalue weighted by Crippen LogP contribution is -2.24. The van der Waals surface area contributed by atoms with Crippen molar-refractivity contribution in [2.24, 2.45) is 0 Å². The van der Waals surface area contributed by atoms with Gasteiger partial charge in [0.2, 0.25) is 5.91 Å². The van der Waals surface area contributed by atoms with Gasteiger partial charge in [0.1, 0.15) is 5.38 Å². The van der Waals surface area contributed by atoms with Crippen molar-refractivity contribution in [3.05, 3.63) is 29.3 Å². The van der Waals surface area contributed by atoms with Gasteiger partial charge in [-0.05, 0) is 37.8 Å². The number of carbonyl (C=O) groups is 1. The van der Waals surface area contributed by atoms with E-state index in [1.807, 2.05) is 32.0 Å². The van der Waals surface area contributed by atoms with Gasteiger partial charge in [-0.15, -0.1) is 23.2 Å². The molecular weight excluding hydrogens is 269 g/mol. The summed E-state index contributed by atoms with van der Waals surface area (Å²) in [5.74, 6) is 0.478. The maximum atomic E-state index is 11.9. The van der Waals surface area contributed by atoms with Gasteiger partial charge >= 0.3 is 0 Å². The highest BCUT2D eigenvalue weighted by atomic mass is 35.5. The van der Waals surface area contributed by atoms with Gasteiger partial charge in [0.05, 0.1) is 0 Å². The molecule has 1 N–H and O–H groups in total. The fourth-order valence-corrected chi connectivity index (χ4v) is 2.16. The number of unbranched alkanes of at least 4 members (excludes halogenated alkanes) is 1. The van der Waals surface area contributed by atoms with E-state index in [0.717, 1.165) is 29.7 Å². The molecule has 0 fully saturated rings. The number of para-hydroxylation sites is 1. The van der Waals surface area contributed by atoms with Crippen LogP contribution in [0.1, 0.15) is 30.4 Å². The fourth-order valence-electron chi connectivity index (χ4n) is 1.76. The number of alkyl halides is 2. The summed E-state index contributed by atoms with van der Waals surface area (Å²) < 4.78 is 0. The number of halogens is 2. The molecule has 0 spiro atoms. The quantitative estimate of drug-likeness (QED) is 0.615. The number of nitrogens with one attached hydrogen (secondary N) is 1. The van der Waals surface area contributed by atoms with Gasteiger partial charge in [-0.25, -0.2) is 0 Å². The Balaban J connectivity index is 2.58. The van der Waals surface area contributed by atoms with Crippen LogP contribution in [0.25, 0.3) is 0 Å². The third-order valence-corrected chi connectivity index (χ3v) is 3.54. The monoisotopic (exact) mass is 287 g/mol. The standard InChI is InChI=1S/C14H19Cl2NO/c1-10-6-5-7-11(2)13(10)17-14(18)12(16)8-3-4-9-15/h5-7,12H,3-4,8-9H2,1-2H3,(H,17,18). The van der Waals surface area contributed by atoms with Gasteiger partial charge in [0.25, 0.3) is 0 Å². The lowest BCUT2D eigenvalue weighted by Gasteiger charge is -2.14. The molecule has 1 atom stereocenters. The van der Waals surface area contributed by atoms with E-state index >= 15 is 0 Å². The van der Waals surface area contributed by atoms with Crippen molar-refractivity contribution in [3.63, 3.8) is 0 Å². The van der Waals surface area contributed by atoms with Crippen molar-refractivity contribution >= 4 is 34.8 Å². The second kappa shape index (κ2) is 7.65. The number of rotatable bonds is 6. The van der Waals surface area contributed by atoms with Crippen molar-refractivity contribution < 1.29 is 4.79 Å². The van der Waals surface area contributed by atoms with E-state index in [-0.39, 0.29) is 5.91 Å². The minimum absolute atomic E-state index is 0.136. The number of amides is 1. The molecule has 0 bridgehead atoms. The molecule has 0 aliphatic carbocycles. The number of hydrogen-bond acceptors (Lipinski definition) is 1. The summed E-state index contributed by atoms with van der Waals surface area (Å²) in [6, 6.07) is 5.91. The summed E-state index contributed by atoms with van der Waals surface area (Å²) in [5.41, 5.74) is 2.96. The van der Waals surface area contributed by atoms with Crippen LogP contribution < -0.4 is 5.32 Å². The molecule has 1 unspecified atom stereocenters. The highest BCUT2D eigenvalue weighted by Gasteiger charge is 2.16. The molecule has 4 heteroatoms. The van der Waals surface area contributed by atoms with Gasteiger partial charge in [-0.3, -0.25) is 4.79 Å². The molecule has 0 aliphatic rings. The Morgan fingerprint density at radius 2 is 1.89 bits per heavy atom. The van der Waals surface area contributed by atoms with Gasteiger partial charge < -0.3 is 5.32 Å². The largest absolute Gasteiger partial charge is 0.324 e. The lowest BCUT2D eigenvalue weighted by molar-refractivity contribution is -0.116. The van der Waals surface area contributed by atoms with Gasteiger partial charge in [0.15, 0.2) is 0 Å². The molecule has 0 aromatic heterocycles. The summed E-state index contributed by atoms with van der Waals surface area (Å²) in [6.07, 6.45) is 2.42. The molecule has 0 radical (unpaired) electrons. The number of aryl methyl sites for hydroxylation is 2. The van der Waals surface area contributed by atoms with Crippen LogP contribution in [0.2, 0.25) is 0 Å². The highest BCUT2D eigenvalue weighted by Crippen LogP contribution is 2.21. The zero-order valence-corrected chi connectivity index (χ0v) is 12.3. The second-order valence-electron chi connectivity index (χ2n) is 4.41.